The molecule has 3 fully saturated rings. The highest BCUT2D eigenvalue weighted by atomic mass is 35.5. The van der Waals surface area contributed by atoms with Gasteiger partial charge in [0.15, 0.2) is 0 Å². The van der Waals surface area contributed by atoms with Crippen LogP contribution in [0.1, 0.15) is 37.2 Å². The van der Waals surface area contributed by atoms with Crippen molar-refractivity contribution in [2.45, 2.75) is 43.8 Å². The van der Waals surface area contributed by atoms with E-state index in [1.165, 1.54) is 29.2 Å². The Kier molecular flexibility index (Phi) is 8.07. The zero-order valence-electron chi connectivity index (χ0n) is 21.8. The van der Waals surface area contributed by atoms with E-state index in [2.05, 4.69) is 0 Å². The molecule has 0 bridgehead atoms. The Hall–Kier alpha value is -3.20. The van der Waals surface area contributed by atoms with Gasteiger partial charge >= 0.3 is 6.09 Å². The van der Waals surface area contributed by atoms with Gasteiger partial charge in [-0.25, -0.2) is 13.6 Å². The van der Waals surface area contributed by atoms with Gasteiger partial charge in [-0.1, -0.05) is 23.7 Å². The van der Waals surface area contributed by atoms with E-state index < -0.39 is 18.1 Å². The second kappa shape index (κ2) is 11.5. The molecule has 1 saturated carbocycles. The summed E-state index contributed by atoms with van der Waals surface area (Å²) in [6.07, 6.45) is 0.252. The highest BCUT2D eigenvalue weighted by molar-refractivity contribution is 6.30. The van der Waals surface area contributed by atoms with E-state index in [0.29, 0.717) is 56.9 Å². The number of nitrogens with zero attached hydrogens (tertiary/aromatic N) is 3. The number of carbonyl (C=O) groups excluding carboxylic acids is 3. The number of amides is 3. The molecule has 2 saturated heterocycles. The fourth-order valence-corrected chi connectivity index (χ4v) is 5.95. The average Bonchev–Trinajstić information content (AvgIpc) is 3.37. The molecular formula is C29H32ClF2N3O4. The molecule has 3 aliphatic rings. The van der Waals surface area contributed by atoms with Crippen LogP contribution in [-0.4, -0.2) is 78.0 Å². The first-order valence-electron chi connectivity index (χ1n) is 13.4. The van der Waals surface area contributed by atoms with Gasteiger partial charge in [-0.05, 0) is 67.6 Å². The standard InChI is InChI=1S/C29H32ClF2N3O4/c1-33(29(38)39-24-8-6-22(31)7-9-24)26-17-35(16-25(26)18-2-4-21(30)5-3-18)27(36)19-10-12-34(13-11-19)28(37)20-14-23(32)15-20/h2-9,19-20,23,25-26H,10-17H2,1H3/t20?,23?,25-,26+/m0/s1. The van der Waals surface area contributed by atoms with Gasteiger partial charge in [0.2, 0.25) is 11.8 Å². The second-order valence-electron chi connectivity index (χ2n) is 10.8. The molecular weight excluding hydrogens is 528 g/mol. The number of piperidine rings is 1. The molecule has 2 atom stereocenters. The van der Waals surface area contributed by atoms with E-state index in [4.69, 9.17) is 16.3 Å². The molecule has 0 unspecified atom stereocenters. The van der Waals surface area contributed by atoms with E-state index in [1.807, 2.05) is 12.1 Å². The van der Waals surface area contributed by atoms with Gasteiger partial charge in [0.1, 0.15) is 17.7 Å². The molecule has 10 heteroatoms. The summed E-state index contributed by atoms with van der Waals surface area (Å²) in [4.78, 5) is 44.3. The van der Waals surface area contributed by atoms with Crippen LogP contribution in [0.15, 0.2) is 48.5 Å². The van der Waals surface area contributed by atoms with Gasteiger partial charge in [0.25, 0.3) is 0 Å². The molecule has 0 radical (unpaired) electrons. The van der Waals surface area contributed by atoms with Crippen molar-refractivity contribution in [3.05, 3.63) is 64.9 Å². The summed E-state index contributed by atoms with van der Waals surface area (Å²) < 4.78 is 31.9. The summed E-state index contributed by atoms with van der Waals surface area (Å²) in [5, 5.41) is 0.593. The van der Waals surface area contributed by atoms with Gasteiger partial charge in [-0.3, -0.25) is 9.59 Å². The fraction of sp³-hybridized carbons (Fsp3) is 0.483. The summed E-state index contributed by atoms with van der Waals surface area (Å²) >= 11 is 6.10. The van der Waals surface area contributed by atoms with Crippen LogP contribution < -0.4 is 4.74 Å². The van der Waals surface area contributed by atoms with Crippen LogP contribution >= 0.6 is 11.6 Å². The van der Waals surface area contributed by atoms with Crippen molar-refractivity contribution < 1.29 is 27.9 Å². The van der Waals surface area contributed by atoms with E-state index in [-0.39, 0.29) is 41.4 Å². The normalized spacial score (nSPS) is 25.2. The number of benzene rings is 2. The van der Waals surface area contributed by atoms with Crippen LogP contribution in [0.3, 0.4) is 0 Å². The van der Waals surface area contributed by atoms with Gasteiger partial charge < -0.3 is 19.4 Å². The number of likely N-dealkylation sites (N-methyl/N-ethyl adjacent to an activating group) is 1. The van der Waals surface area contributed by atoms with E-state index in [0.717, 1.165) is 5.56 Å². The summed E-state index contributed by atoms with van der Waals surface area (Å²) in [6.45, 7) is 1.74. The average molecular weight is 560 g/mol. The second-order valence-corrected chi connectivity index (χ2v) is 11.2. The van der Waals surface area contributed by atoms with E-state index in [9.17, 15) is 23.2 Å². The molecule has 2 aliphatic heterocycles. The number of rotatable bonds is 5. The lowest BCUT2D eigenvalue weighted by Gasteiger charge is -2.38. The van der Waals surface area contributed by atoms with Crippen molar-refractivity contribution in [2.24, 2.45) is 11.8 Å². The van der Waals surface area contributed by atoms with Crippen LogP contribution in [0.5, 0.6) is 5.75 Å². The number of likely N-dealkylation sites (tertiary alicyclic amines) is 2. The molecule has 2 aromatic rings. The fourth-order valence-electron chi connectivity index (χ4n) is 5.82. The van der Waals surface area contributed by atoms with E-state index in [1.54, 1.807) is 29.0 Å². The van der Waals surface area contributed by atoms with Crippen molar-refractivity contribution >= 4 is 29.5 Å². The van der Waals surface area contributed by atoms with Crippen molar-refractivity contribution in [3.63, 3.8) is 0 Å². The Balaban J connectivity index is 1.25. The molecule has 208 valence electrons. The minimum atomic E-state index is -0.874. The minimum Gasteiger partial charge on any atom is -0.410 e. The molecule has 39 heavy (non-hydrogen) atoms. The van der Waals surface area contributed by atoms with Crippen molar-refractivity contribution in [2.75, 3.05) is 33.2 Å². The molecule has 2 aromatic carbocycles. The summed E-state index contributed by atoms with van der Waals surface area (Å²) in [5.41, 5.74) is 0.952. The predicted molar refractivity (Wildman–Crippen MR) is 142 cm³/mol. The summed E-state index contributed by atoms with van der Waals surface area (Å²) in [7, 11) is 1.64. The molecule has 7 nitrogen and oxygen atoms in total. The lowest BCUT2D eigenvalue weighted by molar-refractivity contribution is -0.145. The first-order chi connectivity index (χ1) is 18.7. The topological polar surface area (TPSA) is 70.2 Å². The quantitative estimate of drug-likeness (QED) is 0.523. The lowest BCUT2D eigenvalue weighted by atomic mass is 9.82. The molecule has 3 amide bonds. The third kappa shape index (κ3) is 6.03. The highest BCUT2D eigenvalue weighted by Gasteiger charge is 2.43. The first kappa shape index (κ1) is 27.4. The van der Waals surface area contributed by atoms with Crippen molar-refractivity contribution in [1.29, 1.82) is 0 Å². The highest BCUT2D eigenvalue weighted by Crippen LogP contribution is 2.35. The molecule has 2 heterocycles. The summed E-state index contributed by atoms with van der Waals surface area (Å²) in [5.74, 6) is -0.792. The van der Waals surface area contributed by atoms with Gasteiger partial charge in [-0.15, -0.1) is 0 Å². The van der Waals surface area contributed by atoms with Crippen LogP contribution in [0.4, 0.5) is 13.6 Å². The van der Waals surface area contributed by atoms with Crippen molar-refractivity contribution in [1.82, 2.24) is 14.7 Å². The number of ether oxygens (including phenoxy) is 1. The van der Waals surface area contributed by atoms with Gasteiger partial charge in [0.05, 0.1) is 6.04 Å². The first-order valence-corrected chi connectivity index (χ1v) is 13.7. The molecule has 0 N–H and O–H groups in total. The van der Waals surface area contributed by atoms with Gasteiger partial charge in [-0.2, -0.15) is 0 Å². The maximum Gasteiger partial charge on any atom is 0.415 e. The van der Waals surface area contributed by atoms with E-state index >= 15 is 0 Å². The van der Waals surface area contributed by atoms with Crippen LogP contribution in [0, 0.1) is 17.7 Å². The number of alkyl halides is 1. The SMILES string of the molecule is CN(C(=O)Oc1ccc(F)cc1)[C@@H]1CN(C(=O)C2CCN(C(=O)C3CC(F)C3)CC2)C[C@H]1c1ccc(Cl)cc1. The monoisotopic (exact) mass is 559 g/mol. The number of hydrogen-bond donors (Lipinski definition) is 0. The zero-order chi connectivity index (χ0) is 27.7. The van der Waals surface area contributed by atoms with Gasteiger partial charge in [0, 0.05) is 56.0 Å². The maximum absolute atomic E-state index is 13.6. The van der Waals surface area contributed by atoms with Crippen molar-refractivity contribution in [3.8, 4) is 5.75 Å². The lowest BCUT2D eigenvalue weighted by Crippen LogP contribution is -2.48. The Morgan fingerprint density at radius 3 is 2.13 bits per heavy atom. The Morgan fingerprint density at radius 2 is 1.51 bits per heavy atom. The Morgan fingerprint density at radius 1 is 0.897 bits per heavy atom. The third-order valence-corrected chi connectivity index (χ3v) is 8.54. The number of hydrogen-bond acceptors (Lipinski definition) is 4. The van der Waals surface area contributed by atoms with Crippen LogP contribution in [0.25, 0.3) is 0 Å². The molecule has 1 aliphatic carbocycles. The Bertz CT molecular complexity index is 1200. The predicted octanol–water partition coefficient (Wildman–Crippen LogP) is 4.89. The smallest absolute Gasteiger partial charge is 0.410 e. The number of halogens is 3. The Labute approximate surface area is 231 Å². The minimum absolute atomic E-state index is 0.000120. The molecule has 5 rings (SSSR count). The maximum atomic E-state index is 13.6. The summed E-state index contributed by atoms with van der Waals surface area (Å²) in [6, 6.07) is 12.2. The number of carbonyl (C=O) groups is 3. The molecule has 0 aromatic heterocycles. The molecule has 0 spiro atoms. The third-order valence-electron chi connectivity index (χ3n) is 8.29. The van der Waals surface area contributed by atoms with Crippen LogP contribution in [0.2, 0.25) is 5.02 Å². The largest absolute Gasteiger partial charge is 0.415 e. The van der Waals surface area contributed by atoms with Crippen LogP contribution in [-0.2, 0) is 9.59 Å². The zero-order valence-corrected chi connectivity index (χ0v) is 22.5.